The molecule has 16 heavy (non-hydrogen) atoms. The lowest BCUT2D eigenvalue weighted by atomic mass is 10.1. The lowest BCUT2D eigenvalue weighted by molar-refractivity contribution is -0.139. The van der Waals surface area contributed by atoms with E-state index in [2.05, 4.69) is 20.8 Å². The van der Waals surface area contributed by atoms with E-state index in [1.165, 1.54) is 0 Å². The first-order valence-electron chi connectivity index (χ1n) is 6.14. The third-order valence-electron chi connectivity index (χ3n) is 3.31. The molecule has 1 saturated heterocycles. The fraction of sp³-hybridized carbons (Fsp3) is 0.917. The van der Waals surface area contributed by atoms with E-state index in [9.17, 15) is 4.79 Å². The number of carbonyl (C=O) groups is 1. The Kier molecular flexibility index (Phi) is 5.22. The summed E-state index contributed by atoms with van der Waals surface area (Å²) in [6, 6.07) is 0.301. The van der Waals surface area contributed by atoms with Gasteiger partial charge in [-0.05, 0) is 33.1 Å². The summed E-state index contributed by atoms with van der Waals surface area (Å²) in [6.07, 6.45) is 3.65. The molecule has 0 aliphatic carbocycles. The average molecular weight is 229 g/mol. The first-order chi connectivity index (χ1) is 7.52. The second kappa shape index (κ2) is 6.21. The highest BCUT2D eigenvalue weighted by Gasteiger charge is 2.26. The standard InChI is InChI=1S/C12H23NO3/c1-4-9(2)13(8-12(14)15)7-11-6-5-10(3)16-11/h9-11H,4-8H2,1-3H3,(H,14,15). The minimum Gasteiger partial charge on any atom is -0.480 e. The topological polar surface area (TPSA) is 49.8 Å². The zero-order valence-electron chi connectivity index (χ0n) is 10.5. The van der Waals surface area contributed by atoms with Crippen molar-refractivity contribution >= 4 is 5.97 Å². The summed E-state index contributed by atoms with van der Waals surface area (Å²) in [7, 11) is 0. The van der Waals surface area contributed by atoms with Crippen LogP contribution >= 0.6 is 0 Å². The first kappa shape index (κ1) is 13.5. The number of nitrogens with zero attached hydrogens (tertiary/aromatic N) is 1. The van der Waals surface area contributed by atoms with Crippen molar-refractivity contribution in [2.75, 3.05) is 13.1 Å². The normalized spacial score (nSPS) is 27.2. The summed E-state index contributed by atoms with van der Waals surface area (Å²) in [5.41, 5.74) is 0. The Labute approximate surface area is 97.6 Å². The van der Waals surface area contributed by atoms with Crippen molar-refractivity contribution in [2.24, 2.45) is 0 Å². The van der Waals surface area contributed by atoms with Gasteiger partial charge in [-0.3, -0.25) is 9.69 Å². The van der Waals surface area contributed by atoms with Crippen molar-refractivity contribution in [1.29, 1.82) is 0 Å². The summed E-state index contributed by atoms with van der Waals surface area (Å²) in [4.78, 5) is 12.8. The molecule has 1 heterocycles. The van der Waals surface area contributed by atoms with E-state index in [0.717, 1.165) is 25.8 Å². The van der Waals surface area contributed by atoms with E-state index in [1.54, 1.807) is 0 Å². The molecule has 4 heteroatoms. The molecule has 3 unspecified atom stereocenters. The van der Waals surface area contributed by atoms with Crippen molar-refractivity contribution in [1.82, 2.24) is 4.90 Å². The van der Waals surface area contributed by atoms with Crippen LogP contribution in [0.25, 0.3) is 0 Å². The van der Waals surface area contributed by atoms with Crippen LogP contribution in [0.3, 0.4) is 0 Å². The van der Waals surface area contributed by atoms with E-state index in [0.29, 0.717) is 12.1 Å². The van der Waals surface area contributed by atoms with Crippen molar-refractivity contribution in [3.05, 3.63) is 0 Å². The lowest BCUT2D eigenvalue weighted by Crippen LogP contribution is -2.41. The van der Waals surface area contributed by atoms with Gasteiger partial charge in [-0.1, -0.05) is 6.92 Å². The van der Waals surface area contributed by atoms with Crippen LogP contribution in [0.4, 0.5) is 0 Å². The van der Waals surface area contributed by atoms with E-state index in [-0.39, 0.29) is 12.6 Å². The van der Waals surface area contributed by atoms with Crippen LogP contribution in [0.5, 0.6) is 0 Å². The van der Waals surface area contributed by atoms with Gasteiger partial charge in [0.05, 0.1) is 18.8 Å². The van der Waals surface area contributed by atoms with Crippen LogP contribution in [0.15, 0.2) is 0 Å². The maximum absolute atomic E-state index is 10.8. The molecule has 0 saturated carbocycles. The number of hydrogen-bond donors (Lipinski definition) is 1. The van der Waals surface area contributed by atoms with Crippen LogP contribution in [-0.2, 0) is 9.53 Å². The molecular weight excluding hydrogens is 206 g/mol. The maximum Gasteiger partial charge on any atom is 0.317 e. The van der Waals surface area contributed by atoms with Gasteiger partial charge in [0, 0.05) is 12.6 Å². The highest BCUT2D eigenvalue weighted by Crippen LogP contribution is 2.20. The molecule has 3 atom stereocenters. The third-order valence-corrected chi connectivity index (χ3v) is 3.31. The first-order valence-corrected chi connectivity index (χ1v) is 6.14. The minimum atomic E-state index is -0.758. The molecule has 1 N–H and O–H groups in total. The average Bonchev–Trinajstić information content (AvgIpc) is 2.61. The fourth-order valence-electron chi connectivity index (χ4n) is 2.11. The Balaban J connectivity index is 2.46. The van der Waals surface area contributed by atoms with Gasteiger partial charge in [-0.15, -0.1) is 0 Å². The Bertz CT molecular complexity index is 232. The van der Waals surface area contributed by atoms with Gasteiger partial charge < -0.3 is 9.84 Å². The number of ether oxygens (including phenoxy) is 1. The van der Waals surface area contributed by atoms with Gasteiger partial charge in [-0.25, -0.2) is 0 Å². The summed E-state index contributed by atoms with van der Waals surface area (Å²) in [6.45, 7) is 7.08. The highest BCUT2D eigenvalue weighted by molar-refractivity contribution is 5.69. The van der Waals surface area contributed by atoms with Crippen LogP contribution in [0.2, 0.25) is 0 Å². The van der Waals surface area contributed by atoms with Crippen molar-refractivity contribution in [3.63, 3.8) is 0 Å². The summed E-state index contributed by atoms with van der Waals surface area (Å²) in [5.74, 6) is -0.758. The lowest BCUT2D eigenvalue weighted by Gasteiger charge is -2.29. The summed E-state index contributed by atoms with van der Waals surface area (Å²) < 4.78 is 5.73. The van der Waals surface area contributed by atoms with Crippen molar-refractivity contribution in [3.8, 4) is 0 Å². The van der Waals surface area contributed by atoms with Crippen molar-refractivity contribution in [2.45, 2.75) is 58.3 Å². The molecule has 0 aromatic carbocycles. The minimum absolute atomic E-state index is 0.114. The highest BCUT2D eigenvalue weighted by atomic mass is 16.5. The molecule has 0 bridgehead atoms. The Morgan fingerprint density at radius 3 is 2.69 bits per heavy atom. The van der Waals surface area contributed by atoms with Crippen LogP contribution in [-0.4, -0.2) is 47.3 Å². The van der Waals surface area contributed by atoms with Gasteiger partial charge in [0.15, 0.2) is 0 Å². The van der Waals surface area contributed by atoms with Crippen LogP contribution < -0.4 is 0 Å². The molecule has 0 spiro atoms. The molecule has 0 aromatic rings. The molecule has 1 fully saturated rings. The van der Waals surface area contributed by atoms with E-state index < -0.39 is 5.97 Å². The van der Waals surface area contributed by atoms with Gasteiger partial charge in [-0.2, -0.15) is 0 Å². The second-order valence-electron chi connectivity index (χ2n) is 4.73. The van der Waals surface area contributed by atoms with E-state index in [4.69, 9.17) is 9.84 Å². The van der Waals surface area contributed by atoms with Crippen molar-refractivity contribution < 1.29 is 14.6 Å². The zero-order chi connectivity index (χ0) is 12.1. The van der Waals surface area contributed by atoms with E-state index >= 15 is 0 Å². The Morgan fingerprint density at radius 1 is 1.56 bits per heavy atom. The molecular formula is C12H23NO3. The number of aliphatic carboxylic acids is 1. The smallest absolute Gasteiger partial charge is 0.317 e. The predicted molar refractivity (Wildman–Crippen MR) is 62.5 cm³/mol. The number of carboxylic acids is 1. The quantitative estimate of drug-likeness (QED) is 0.753. The molecule has 1 rings (SSSR count). The SMILES string of the molecule is CCC(C)N(CC(=O)O)CC1CCC(C)O1. The monoisotopic (exact) mass is 229 g/mol. The summed E-state index contributed by atoms with van der Waals surface area (Å²) in [5, 5.41) is 8.87. The number of carboxylic acid groups (broad SMARTS) is 1. The Hall–Kier alpha value is -0.610. The molecule has 1 aliphatic rings. The largest absolute Gasteiger partial charge is 0.480 e. The van der Waals surface area contributed by atoms with E-state index in [1.807, 2.05) is 4.90 Å². The molecule has 0 amide bonds. The number of hydrogen-bond acceptors (Lipinski definition) is 3. The number of rotatable bonds is 6. The maximum atomic E-state index is 10.8. The van der Waals surface area contributed by atoms with Crippen LogP contribution in [0.1, 0.15) is 40.0 Å². The zero-order valence-corrected chi connectivity index (χ0v) is 10.5. The van der Waals surface area contributed by atoms with Gasteiger partial charge in [0.2, 0.25) is 0 Å². The second-order valence-corrected chi connectivity index (χ2v) is 4.73. The molecule has 4 nitrogen and oxygen atoms in total. The summed E-state index contributed by atoms with van der Waals surface area (Å²) >= 11 is 0. The fourth-order valence-corrected chi connectivity index (χ4v) is 2.11. The molecule has 94 valence electrons. The van der Waals surface area contributed by atoms with Gasteiger partial charge in [0.25, 0.3) is 0 Å². The van der Waals surface area contributed by atoms with Crippen LogP contribution in [0, 0.1) is 0 Å². The predicted octanol–water partition coefficient (Wildman–Crippen LogP) is 1.74. The molecule has 0 radical (unpaired) electrons. The molecule has 0 aromatic heterocycles. The third kappa shape index (κ3) is 4.10. The molecule has 1 aliphatic heterocycles. The van der Waals surface area contributed by atoms with Gasteiger partial charge in [0.1, 0.15) is 0 Å². The van der Waals surface area contributed by atoms with Gasteiger partial charge >= 0.3 is 5.97 Å². The Morgan fingerprint density at radius 2 is 2.25 bits per heavy atom.